The molecule has 0 atom stereocenters. The van der Waals surface area contributed by atoms with Gasteiger partial charge < -0.3 is 15.4 Å². The number of carbonyl (C=O) groups excluding carboxylic acids is 1. The smallest absolute Gasteiger partial charge is 0.243 e. The van der Waals surface area contributed by atoms with Crippen LogP contribution in [-0.4, -0.2) is 19.1 Å². The van der Waals surface area contributed by atoms with E-state index in [0.29, 0.717) is 11.6 Å². The van der Waals surface area contributed by atoms with Gasteiger partial charge >= 0.3 is 0 Å². The Labute approximate surface area is 160 Å². The fourth-order valence-electron chi connectivity index (χ4n) is 2.51. The van der Waals surface area contributed by atoms with E-state index in [1.807, 2.05) is 36.4 Å². The van der Waals surface area contributed by atoms with Crippen LogP contribution in [0, 0.1) is 0 Å². The topological polar surface area (TPSA) is 50.4 Å². The van der Waals surface area contributed by atoms with Gasteiger partial charge in [0.15, 0.2) is 0 Å². The van der Waals surface area contributed by atoms with Crippen LogP contribution in [0.2, 0.25) is 5.02 Å². The summed E-state index contributed by atoms with van der Waals surface area (Å²) in [5.41, 5.74) is 1.58. The summed E-state index contributed by atoms with van der Waals surface area (Å²) in [6, 6.07) is 14.7. The van der Waals surface area contributed by atoms with Gasteiger partial charge in [-0.1, -0.05) is 50.3 Å². The Morgan fingerprint density at radius 1 is 1.00 bits per heavy atom. The van der Waals surface area contributed by atoms with Crippen molar-refractivity contribution in [2.75, 3.05) is 23.8 Å². The van der Waals surface area contributed by atoms with Crippen molar-refractivity contribution in [3.8, 4) is 5.75 Å². The van der Waals surface area contributed by atoms with Crippen LogP contribution >= 0.6 is 11.6 Å². The van der Waals surface area contributed by atoms with Gasteiger partial charge in [0, 0.05) is 22.5 Å². The van der Waals surface area contributed by atoms with Crippen LogP contribution < -0.4 is 15.4 Å². The van der Waals surface area contributed by atoms with E-state index in [1.165, 1.54) is 25.7 Å². The van der Waals surface area contributed by atoms with E-state index in [9.17, 15) is 4.79 Å². The highest BCUT2D eigenvalue weighted by atomic mass is 35.5. The van der Waals surface area contributed by atoms with Crippen molar-refractivity contribution >= 4 is 28.9 Å². The summed E-state index contributed by atoms with van der Waals surface area (Å²) in [5.74, 6) is 0.667. The number of unbranched alkanes of at least 4 members (excludes halogenated alkanes) is 4. The highest BCUT2D eigenvalue weighted by molar-refractivity contribution is 6.30. The Bertz CT molecular complexity index is 674. The second kappa shape index (κ2) is 11.4. The number of nitrogens with one attached hydrogen (secondary N) is 2. The van der Waals surface area contributed by atoms with E-state index in [2.05, 4.69) is 17.6 Å². The molecule has 2 aromatic rings. The first-order chi connectivity index (χ1) is 12.7. The Balaban J connectivity index is 1.72. The molecule has 4 nitrogen and oxygen atoms in total. The van der Waals surface area contributed by atoms with Gasteiger partial charge in [-0.05, 0) is 42.8 Å². The van der Waals surface area contributed by atoms with Crippen LogP contribution in [0.4, 0.5) is 11.4 Å². The van der Waals surface area contributed by atoms with Gasteiger partial charge in [-0.2, -0.15) is 0 Å². The molecular weight excluding hydrogens is 348 g/mol. The highest BCUT2D eigenvalue weighted by Gasteiger charge is 2.04. The number of carbonyl (C=O) groups is 1. The molecule has 0 saturated carbocycles. The normalized spacial score (nSPS) is 10.4. The zero-order valence-electron chi connectivity index (χ0n) is 15.3. The zero-order chi connectivity index (χ0) is 18.6. The lowest BCUT2D eigenvalue weighted by Gasteiger charge is -2.10. The molecule has 5 heteroatoms. The molecule has 0 aromatic heterocycles. The maximum Gasteiger partial charge on any atom is 0.243 e. The fourth-order valence-corrected chi connectivity index (χ4v) is 2.64. The molecule has 2 aromatic carbocycles. The van der Waals surface area contributed by atoms with Crippen LogP contribution in [0.15, 0.2) is 48.5 Å². The average molecular weight is 375 g/mol. The lowest BCUT2D eigenvalue weighted by Crippen LogP contribution is -2.21. The summed E-state index contributed by atoms with van der Waals surface area (Å²) in [7, 11) is 0. The molecule has 0 fully saturated rings. The summed E-state index contributed by atoms with van der Waals surface area (Å²) in [6.07, 6.45) is 6.04. The van der Waals surface area contributed by atoms with Gasteiger partial charge in [0.25, 0.3) is 0 Å². The summed E-state index contributed by atoms with van der Waals surface area (Å²) < 4.78 is 5.77. The molecule has 0 aliphatic rings. The highest BCUT2D eigenvalue weighted by Crippen LogP contribution is 2.18. The molecule has 26 heavy (non-hydrogen) atoms. The molecular formula is C21H27ClN2O2. The lowest BCUT2D eigenvalue weighted by molar-refractivity contribution is -0.114. The fraction of sp³-hybridized carbons (Fsp3) is 0.381. The largest absolute Gasteiger partial charge is 0.494 e. The van der Waals surface area contributed by atoms with Gasteiger partial charge in [0.05, 0.1) is 13.2 Å². The van der Waals surface area contributed by atoms with Crippen LogP contribution in [0.1, 0.15) is 39.0 Å². The molecule has 2 rings (SSSR count). The first-order valence-corrected chi connectivity index (χ1v) is 9.57. The van der Waals surface area contributed by atoms with E-state index in [4.69, 9.17) is 16.3 Å². The SMILES string of the molecule is CCCCCCCOc1cccc(NC(=O)CNc2ccc(Cl)cc2)c1. The first-order valence-electron chi connectivity index (χ1n) is 9.19. The standard InChI is InChI=1S/C21H27ClN2O2/c1-2-3-4-5-6-14-26-20-9-7-8-19(15-20)24-21(25)16-23-18-12-10-17(22)11-13-18/h7-13,15,23H,2-6,14,16H2,1H3,(H,24,25). The molecule has 0 aliphatic carbocycles. The molecule has 0 saturated heterocycles. The number of rotatable bonds is 11. The van der Waals surface area contributed by atoms with Gasteiger partial charge in [0.1, 0.15) is 5.75 Å². The van der Waals surface area contributed by atoms with Gasteiger partial charge in [-0.15, -0.1) is 0 Å². The summed E-state index contributed by atoms with van der Waals surface area (Å²) in [6.45, 7) is 3.10. The molecule has 0 spiro atoms. The average Bonchev–Trinajstić information content (AvgIpc) is 2.64. The maximum atomic E-state index is 12.1. The Morgan fingerprint density at radius 3 is 2.54 bits per heavy atom. The van der Waals surface area contributed by atoms with E-state index < -0.39 is 0 Å². The Morgan fingerprint density at radius 2 is 1.77 bits per heavy atom. The third-order valence-electron chi connectivity index (χ3n) is 3.93. The van der Waals surface area contributed by atoms with E-state index >= 15 is 0 Å². The predicted molar refractivity (Wildman–Crippen MR) is 109 cm³/mol. The van der Waals surface area contributed by atoms with Crippen LogP contribution in [0.5, 0.6) is 5.75 Å². The van der Waals surface area contributed by atoms with Crippen LogP contribution in [0.25, 0.3) is 0 Å². The number of benzene rings is 2. The van der Waals surface area contributed by atoms with Crippen molar-refractivity contribution in [3.05, 3.63) is 53.6 Å². The Kier molecular flexibility index (Phi) is 8.84. The van der Waals surface area contributed by atoms with Crippen LogP contribution in [-0.2, 0) is 4.79 Å². The number of anilines is 2. The summed E-state index contributed by atoms with van der Waals surface area (Å²) in [4.78, 5) is 12.1. The monoisotopic (exact) mass is 374 g/mol. The number of hydrogen-bond donors (Lipinski definition) is 2. The lowest BCUT2D eigenvalue weighted by atomic mass is 10.2. The number of amides is 1. The van der Waals surface area contributed by atoms with Crippen molar-refractivity contribution in [1.82, 2.24) is 0 Å². The number of halogens is 1. The van der Waals surface area contributed by atoms with Crippen LogP contribution in [0.3, 0.4) is 0 Å². The second-order valence-electron chi connectivity index (χ2n) is 6.20. The van der Waals surface area contributed by atoms with E-state index in [0.717, 1.165) is 23.5 Å². The molecule has 2 N–H and O–H groups in total. The first kappa shape index (κ1) is 20.1. The van der Waals surface area contributed by atoms with Gasteiger partial charge in [-0.25, -0.2) is 0 Å². The molecule has 0 heterocycles. The number of ether oxygens (including phenoxy) is 1. The minimum absolute atomic E-state index is 0.114. The quantitative estimate of drug-likeness (QED) is 0.493. The Hall–Kier alpha value is -2.20. The van der Waals surface area contributed by atoms with E-state index in [-0.39, 0.29) is 12.5 Å². The third-order valence-corrected chi connectivity index (χ3v) is 4.18. The third kappa shape index (κ3) is 7.79. The van der Waals surface area contributed by atoms with Crippen molar-refractivity contribution in [3.63, 3.8) is 0 Å². The van der Waals surface area contributed by atoms with Gasteiger partial charge in [0.2, 0.25) is 5.91 Å². The molecule has 1 amide bonds. The number of hydrogen-bond acceptors (Lipinski definition) is 3. The second-order valence-corrected chi connectivity index (χ2v) is 6.64. The molecule has 0 aliphatic heterocycles. The molecule has 0 unspecified atom stereocenters. The molecule has 140 valence electrons. The summed E-state index contributed by atoms with van der Waals surface area (Å²) in [5, 5.41) is 6.61. The van der Waals surface area contributed by atoms with Gasteiger partial charge in [-0.3, -0.25) is 4.79 Å². The zero-order valence-corrected chi connectivity index (χ0v) is 16.0. The van der Waals surface area contributed by atoms with E-state index in [1.54, 1.807) is 12.1 Å². The summed E-state index contributed by atoms with van der Waals surface area (Å²) >= 11 is 5.85. The van der Waals surface area contributed by atoms with Crippen molar-refractivity contribution in [2.24, 2.45) is 0 Å². The molecule has 0 radical (unpaired) electrons. The molecule has 0 bridgehead atoms. The van der Waals surface area contributed by atoms with Crippen molar-refractivity contribution in [2.45, 2.75) is 39.0 Å². The minimum atomic E-state index is -0.114. The van der Waals surface area contributed by atoms with Crippen molar-refractivity contribution < 1.29 is 9.53 Å². The maximum absolute atomic E-state index is 12.1. The predicted octanol–water partition coefficient (Wildman–Crippen LogP) is 5.74. The van der Waals surface area contributed by atoms with Crippen molar-refractivity contribution in [1.29, 1.82) is 0 Å². The minimum Gasteiger partial charge on any atom is -0.494 e.